The fraction of sp³-hybridized carbons (Fsp3) is 0.222. The zero-order valence-electron chi connectivity index (χ0n) is 6.58. The number of hydrogen-bond acceptors (Lipinski definition) is 2. The van der Waals surface area contributed by atoms with Gasteiger partial charge in [0.1, 0.15) is 0 Å². The van der Waals surface area contributed by atoms with Gasteiger partial charge in [-0.1, -0.05) is 12.1 Å². The van der Waals surface area contributed by atoms with Gasteiger partial charge >= 0.3 is 0 Å². The molecule has 0 aromatic heterocycles. The summed E-state index contributed by atoms with van der Waals surface area (Å²) in [5, 5.41) is 7.00. The van der Waals surface area contributed by atoms with Crippen molar-refractivity contribution in [2.75, 3.05) is 18.4 Å². The lowest BCUT2D eigenvalue weighted by atomic mass is 10.2. The molecule has 0 aliphatic carbocycles. The van der Waals surface area contributed by atoms with Crippen molar-refractivity contribution in [2.45, 2.75) is 0 Å². The Bertz CT molecular complexity index is 309. The van der Waals surface area contributed by atoms with E-state index in [-0.39, 0.29) is 5.91 Å². The summed E-state index contributed by atoms with van der Waals surface area (Å²) in [6, 6.07) is 7.44. The first-order chi connectivity index (χ1) is 5.88. The Morgan fingerprint density at radius 2 is 2.17 bits per heavy atom. The van der Waals surface area contributed by atoms with E-state index in [0.717, 1.165) is 12.2 Å². The highest BCUT2D eigenvalue weighted by molar-refractivity contribution is 5.99. The van der Waals surface area contributed by atoms with Gasteiger partial charge in [0.15, 0.2) is 0 Å². The number of fused-ring (bicyclic) bond motifs is 1. The Morgan fingerprint density at radius 3 is 3.08 bits per heavy atom. The maximum absolute atomic E-state index is 11.3. The second-order valence-corrected chi connectivity index (χ2v) is 2.66. The van der Waals surface area contributed by atoms with Crippen molar-refractivity contribution in [1.29, 1.82) is 0 Å². The van der Waals surface area contributed by atoms with Crippen molar-refractivity contribution in [2.24, 2.45) is 0 Å². The minimum Gasteiger partial charge on any atom is -0.383 e. The lowest BCUT2D eigenvalue weighted by molar-refractivity contribution is 0.0953. The molecule has 1 aliphatic heterocycles. The van der Waals surface area contributed by atoms with E-state index in [0.29, 0.717) is 12.1 Å². The summed E-state index contributed by atoms with van der Waals surface area (Å²) in [7, 11) is 0. The fourth-order valence-electron chi connectivity index (χ4n) is 1.26. The third-order valence-corrected chi connectivity index (χ3v) is 1.84. The van der Waals surface area contributed by atoms with E-state index in [1.165, 1.54) is 0 Å². The number of amides is 1. The zero-order chi connectivity index (χ0) is 8.39. The quantitative estimate of drug-likeness (QED) is 0.613. The van der Waals surface area contributed by atoms with Gasteiger partial charge in [0, 0.05) is 12.2 Å². The van der Waals surface area contributed by atoms with Gasteiger partial charge in [0.05, 0.1) is 12.1 Å². The van der Waals surface area contributed by atoms with Crippen molar-refractivity contribution in [3.8, 4) is 0 Å². The van der Waals surface area contributed by atoms with E-state index in [1.807, 2.05) is 18.2 Å². The van der Waals surface area contributed by atoms with E-state index >= 15 is 0 Å². The monoisotopic (exact) mass is 161 g/mol. The van der Waals surface area contributed by atoms with E-state index in [2.05, 4.69) is 10.6 Å². The lowest BCUT2D eigenvalue weighted by Crippen LogP contribution is -2.16. The van der Waals surface area contributed by atoms with Crippen LogP contribution in [-0.4, -0.2) is 19.0 Å². The molecule has 1 aromatic carbocycles. The van der Waals surface area contributed by atoms with Gasteiger partial charge in [-0.15, -0.1) is 0 Å². The van der Waals surface area contributed by atoms with Crippen LogP contribution in [0.1, 0.15) is 10.4 Å². The number of nitrogens with zero attached hydrogens (tertiary/aromatic N) is 1. The normalized spacial score (nSPS) is 15.5. The van der Waals surface area contributed by atoms with Gasteiger partial charge in [-0.25, -0.2) is 5.32 Å². The summed E-state index contributed by atoms with van der Waals surface area (Å²) in [6.07, 6.45) is 0. The van der Waals surface area contributed by atoms with Crippen LogP contribution in [0.15, 0.2) is 24.3 Å². The summed E-state index contributed by atoms with van der Waals surface area (Å²) in [5.74, 6) is -0.115. The Balaban J connectivity index is 2.46. The minimum atomic E-state index is -0.115. The highest BCUT2D eigenvalue weighted by Crippen LogP contribution is 2.16. The summed E-state index contributed by atoms with van der Waals surface area (Å²) < 4.78 is 0. The van der Waals surface area contributed by atoms with Crippen molar-refractivity contribution in [3.63, 3.8) is 0 Å². The third kappa shape index (κ3) is 1.13. The summed E-state index contributed by atoms with van der Waals surface area (Å²) in [6.45, 7) is 1.30. The molecular weight excluding hydrogens is 152 g/mol. The van der Waals surface area contributed by atoms with Crippen molar-refractivity contribution < 1.29 is 4.79 Å². The van der Waals surface area contributed by atoms with Gasteiger partial charge in [-0.3, -0.25) is 4.79 Å². The summed E-state index contributed by atoms with van der Waals surface area (Å²) in [5.41, 5.74) is 1.57. The molecule has 3 heteroatoms. The highest BCUT2D eigenvalue weighted by atomic mass is 16.1. The highest BCUT2D eigenvalue weighted by Gasteiger charge is 2.14. The Labute approximate surface area is 70.8 Å². The summed E-state index contributed by atoms with van der Waals surface area (Å²) in [4.78, 5) is 11.3. The van der Waals surface area contributed by atoms with Crippen LogP contribution in [0.2, 0.25) is 0 Å². The van der Waals surface area contributed by atoms with Crippen molar-refractivity contribution >= 4 is 11.6 Å². The molecule has 1 aliphatic rings. The standard InChI is InChI=1S/C9H9N2O/c12-9-7-3-1-2-4-8(7)10-5-6-11-9/h1-4,10H,5-6H2. The maximum atomic E-state index is 11.3. The number of carbonyl (C=O) groups is 1. The van der Waals surface area contributed by atoms with Gasteiger partial charge in [0.2, 0.25) is 0 Å². The first-order valence-electron chi connectivity index (χ1n) is 3.92. The molecule has 0 bridgehead atoms. The first-order valence-corrected chi connectivity index (χ1v) is 3.92. The van der Waals surface area contributed by atoms with Gasteiger partial charge in [0.25, 0.3) is 5.91 Å². The Morgan fingerprint density at radius 1 is 1.33 bits per heavy atom. The number of rotatable bonds is 0. The Hall–Kier alpha value is -1.51. The van der Waals surface area contributed by atoms with Crippen LogP contribution in [0.5, 0.6) is 0 Å². The molecule has 3 nitrogen and oxygen atoms in total. The van der Waals surface area contributed by atoms with E-state index in [9.17, 15) is 4.79 Å². The van der Waals surface area contributed by atoms with Crippen LogP contribution in [0.25, 0.3) is 0 Å². The molecule has 1 heterocycles. The molecular formula is C9H9N2O. The molecule has 1 N–H and O–H groups in total. The maximum Gasteiger partial charge on any atom is 0.274 e. The molecule has 1 radical (unpaired) electrons. The molecule has 0 fully saturated rings. The first kappa shape index (κ1) is 7.16. The zero-order valence-corrected chi connectivity index (χ0v) is 6.58. The molecule has 0 atom stereocenters. The van der Waals surface area contributed by atoms with Crippen LogP contribution in [0.4, 0.5) is 5.69 Å². The molecule has 1 aromatic rings. The smallest absolute Gasteiger partial charge is 0.274 e. The number of carbonyl (C=O) groups excluding carboxylic acids is 1. The third-order valence-electron chi connectivity index (χ3n) is 1.84. The van der Waals surface area contributed by atoms with Crippen molar-refractivity contribution in [1.82, 2.24) is 5.32 Å². The average molecular weight is 161 g/mol. The van der Waals surface area contributed by atoms with Gasteiger partial charge in [-0.2, -0.15) is 0 Å². The van der Waals surface area contributed by atoms with Gasteiger partial charge < -0.3 is 5.32 Å². The fourth-order valence-corrected chi connectivity index (χ4v) is 1.26. The van der Waals surface area contributed by atoms with Crippen LogP contribution < -0.4 is 10.6 Å². The number of nitrogens with one attached hydrogen (secondary N) is 1. The molecule has 12 heavy (non-hydrogen) atoms. The van der Waals surface area contributed by atoms with E-state index in [4.69, 9.17) is 0 Å². The van der Waals surface area contributed by atoms with Crippen LogP contribution in [0.3, 0.4) is 0 Å². The predicted molar refractivity (Wildman–Crippen MR) is 46.3 cm³/mol. The number of benzene rings is 1. The SMILES string of the molecule is O=C1[N]CCNc2ccccc21. The molecule has 0 saturated carbocycles. The topological polar surface area (TPSA) is 43.2 Å². The molecule has 0 unspecified atom stereocenters. The van der Waals surface area contributed by atoms with Crippen molar-refractivity contribution in [3.05, 3.63) is 29.8 Å². The van der Waals surface area contributed by atoms with Crippen LogP contribution in [-0.2, 0) is 0 Å². The largest absolute Gasteiger partial charge is 0.383 e. The van der Waals surface area contributed by atoms with Gasteiger partial charge in [-0.05, 0) is 12.1 Å². The number of para-hydroxylation sites is 1. The van der Waals surface area contributed by atoms with E-state index < -0.39 is 0 Å². The molecule has 0 spiro atoms. The molecule has 2 rings (SSSR count). The average Bonchev–Trinajstić information content (AvgIpc) is 2.29. The lowest BCUT2D eigenvalue weighted by Gasteiger charge is -2.02. The van der Waals surface area contributed by atoms with Crippen LogP contribution >= 0.6 is 0 Å². The van der Waals surface area contributed by atoms with E-state index in [1.54, 1.807) is 6.07 Å². The Kier molecular flexibility index (Phi) is 1.70. The molecule has 1 amide bonds. The predicted octanol–water partition coefficient (Wildman–Crippen LogP) is 0.857. The van der Waals surface area contributed by atoms with Crippen LogP contribution in [0, 0.1) is 0 Å². The second kappa shape index (κ2) is 2.85. The second-order valence-electron chi connectivity index (χ2n) is 2.66. The number of anilines is 1. The number of hydrogen-bond donors (Lipinski definition) is 1. The minimum absolute atomic E-state index is 0.115. The molecule has 0 saturated heterocycles. The summed E-state index contributed by atoms with van der Waals surface area (Å²) >= 11 is 0. The molecule has 61 valence electrons.